The Morgan fingerprint density at radius 1 is 0.968 bits per heavy atom. The third kappa shape index (κ3) is 11.1. The van der Waals surface area contributed by atoms with Crippen molar-refractivity contribution < 1.29 is 23.0 Å². The summed E-state index contributed by atoms with van der Waals surface area (Å²) in [4.78, 5) is 0. The second kappa shape index (κ2) is 17.1. The monoisotopic (exact) mass is 442 g/mol. The van der Waals surface area contributed by atoms with Crippen LogP contribution >= 0.6 is 0 Å². The second-order valence-electron chi connectivity index (χ2n) is 7.88. The smallest absolute Gasteiger partial charge is 0.196 e. The van der Waals surface area contributed by atoms with Gasteiger partial charge >= 0.3 is 0 Å². The molecule has 0 N–H and O–H groups in total. The van der Waals surface area contributed by atoms with Crippen molar-refractivity contribution in [3.63, 3.8) is 0 Å². The van der Waals surface area contributed by atoms with Gasteiger partial charge in [0.1, 0.15) is 5.76 Å². The maximum atomic E-state index is 14.5. The molecule has 0 spiro atoms. The number of allylic oxidation sites excluding steroid dienone is 7. The van der Waals surface area contributed by atoms with Crippen molar-refractivity contribution in [2.24, 2.45) is 5.92 Å². The van der Waals surface area contributed by atoms with Crippen LogP contribution in [0.4, 0.5) is 8.78 Å². The van der Waals surface area contributed by atoms with Gasteiger partial charge in [0.25, 0.3) is 0 Å². The number of ether oxygens (including phenoxy) is 3. The summed E-state index contributed by atoms with van der Waals surface area (Å²) >= 11 is 0. The highest BCUT2D eigenvalue weighted by Gasteiger charge is 2.21. The fourth-order valence-electron chi connectivity index (χ4n) is 3.03. The van der Waals surface area contributed by atoms with Crippen LogP contribution in [0.5, 0.6) is 0 Å². The van der Waals surface area contributed by atoms with E-state index < -0.39 is 11.7 Å². The first-order chi connectivity index (χ1) is 14.8. The molecular formula is C26H44F2O3. The standard InChI is InChI=1S/C23H36F2O3.C3H8/c1-7-18(14-27-21-13-12-19(8-2)15-28-21)11-10-16(4)20(9-3)23(25)22(24)17(5)26-6;1-3-2/h10-11,19,21H,7-9,12-15H2,1-6H3;3H2,1-2H3/b16-10+,18-11+,22-17-,23-20-;. The molecule has 2 unspecified atom stereocenters. The summed E-state index contributed by atoms with van der Waals surface area (Å²) in [6.07, 6.45) is 9.25. The number of rotatable bonds is 10. The first-order valence-electron chi connectivity index (χ1n) is 11.7. The molecule has 1 aliphatic rings. The molecule has 180 valence electrons. The molecule has 1 aliphatic heterocycles. The Morgan fingerprint density at radius 2 is 1.61 bits per heavy atom. The minimum Gasteiger partial charge on any atom is -0.498 e. The molecule has 1 rings (SSSR count). The molecule has 0 aromatic heterocycles. The van der Waals surface area contributed by atoms with Crippen molar-refractivity contribution in [3.05, 3.63) is 46.3 Å². The van der Waals surface area contributed by atoms with Crippen LogP contribution < -0.4 is 0 Å². The molecule has 5 heteroatoms. The van der Waals surface area contributed by atoms with Crippen LogP contribution in [-0.4, -0.2) is 26.6 Å². The van der Waals surface area contributed by atoms with Crippen molar-refractivity contribution in [1.82, 2.24) is 0 Å². The van der Waals surface area contributed by atoms with E-state index in [4.69, 9.17) is 14.2 Å². The van der Waals surface area contributed by atoms with Gasteiger partial charge in [-0.05, 0) is 62.2 Å². The Labute approximate surface area is 189 Å². The summed E-state index contributed by atoms with van der Waals surface area (Å²) in [5, 5.41) is 0. The molecule has 1 fully saturated rings. The molecule has 0 bridgehead atoms. The van der Waals surface area contributed by atoms with Crippen LogP contribution in [0.1, 0.15) is 87.0 Å². The van der Waals surface area contributed by atoms with E-state index in [1.54, 1.807) is 13.8 Å². The van der Waals surface area contributed by atoms with Crippen molar-refractivity contribution in [2.45, 2.75) is 93.3 Å². The zero-order valence-corrected chi connectivity index (χ0v) is 20.9. The SMILES string of the molecule is CCC.CCC(=C(F)\C(F)=C(/C)OC)/C(C)=C/C=C(\CC)COC1CCC(CC)CO1. The fraction of sp³-hybridized carbons (Fsp3) is 0.692. The lowest BCUT2D eigenvalue weighted by atomic mass is 9.99. The van der Waals surface area contributed by atoms with E-state index in [0.717, 1.165) is 37.9 Å². The average Bonchev–Trinajstić information content (AvgIpc) is 2.79. The predicted octanol–water partition coefficient (Wildman–Crippen LogP) is 8.35. The molecule has 0 aliphatic carbocycles. The summed E-state index contributed by atoms with van der Waals surface area (Å²) < 4.78 is 45.0. The topological polar surface area (TPSA) is 27.7 Å². The maximum Gasteiger partial charge on any atom is 0.196 e. The number of hydrogen-bond donors (Lipinski definition) is 0. The van der Waals surface area contributed by atoms with E-state index in [2.05, 4.69) is 27.7 Å². The van der Waals surface area contributed by atoms with Gasteiger partial charge in [-0.25, -0.2) is 8.78 Å². The van der Waals surface area contributed by atoms with Gasteiger partial charge in [0.2, 0.25) is 0 Å². The van der Waals surface area contributed by atoms with Crippen LogP contribution in [0.25, 0.3) is 0 Å². The molecule has 3 nitrogen and oxygen atoms in total. The number of halogens is 2. The van der Waals surface area contributed by atoms with Crippen LogP contribution in [-0.2, 0) is 14.2 Å². The molecule has 0 radical (unpaired) electrons. The summed E-state index contributed by atoms with van der Waals surface area (Å²) in [5.41, 5.74) is 2.10. The van der Waals surface area contributed by atoms with Gasteiger partial charge < -0.3 is 14.2 Å². The van der Waals surface area contributed by atoms with Crippen molar-refractivity contribution in [2.75, 3.05) is 20.3 Å². The highest BCUT2D eigenvalue weighted by atomic mass is 19.2. The van der Waals surface area contributed by atoms with Crippen LogP contribution in [0.15, 0.2) is 46.3 Å². The number of methoxy groups -OCH3 is 1. The minimum atomic E-state index is -0.949. The van der Waals surface area contributed by atoms with E-state index in [0.29, 0.717) is 30.1 Å². The highest BCUT2D eigenvalue weighted by Crippen LogP contribution is 2.28. The van der Waals surface area contributed by atoms with E-state index in [1.807, 2.05) is 12.2 Å². The second-order valence-corrected chi connectivity index (χ2v) is 7.88. The molecular weight excluding hydrogens is 398 g/mol. The van der Waals surface area contributed by atoms with E-state index in [1.165, 1.54) is 20.5 Å². The largest absolute Gasteiger partial charge is 0.498 e. The third-order valence-corrected chi connectivity index (χ3v) is 5.29. The third-order valence-electron chi connectivity index (χ3n) is 5.29. The van der Waals surface area contributed by atoms with Crippen LogP contribution in [0.3, 0.4) is 0 Å². The van der Waals surface area contributed by atoms with Gasteiger partial charge in [0.05, 0.1) is 20.3 Å². The van der Waals surface area contributed by atoms with Gasteiger partial charge in [0.15, 0.2) is 17.9 Å². The molecule has 1 heterocycles. The Kier molecular flexibility index (Phi) is 16.3. The summed E-state index contributed by atoms with van der Waals surface area (Å²) in [5.74, 6) is -1.24. The van der Waals surface area contributed by atoms with Crippen molar-refractivity contribution >= 4 is 0 Å². The Bertz CT molecular complexity index is 625. The lowest BCUT2D eigenvalue weighted by Gasteiger charge is -2.28. The maximum absolute atomic E-state index is 14.5. The molecule has 31 heavy (non-hydrogen) atoms. The van der Waals surface area contributed by atoms with Crippen molar-refractivity contribution in [1.29, 1.82) is 0 Å². The highest BCUT2D eigenvalue weighted by molar-refractivity contribution is 5.40. The van der Waals surface area contributed by atoms with Gasteiger partial charge in [-0.3, -0.25) is 0 Å². The molecule has 0 aromatic carbocycles. The predicted molar refractivity (Wildman–Crippen MR) is 126 cm³/mol. The molecule has 0 aromatic rings. The van der Waals surface area contributed by atoms with Gasteiger partial charge in [0, 0.05) is 0 Å². The van der Waals surface area contributed by atoms with Gasteiger partial charge in [-0.15, -0.1) is 0 Å². The van der Waals surface area contributed by atoms with E-state index in [9.17, 15) is 8.78 Å². The van der Waals surface area contributed by atoms with Crippen LogP contribution in [0, 0.1) is 5.92 Å². The Morgan fingerprint density at radius 3 is 2.06 bits per heavy atom. The van der Waals surface area contributed by atoms with Gasteiger partial charge in [-0.2, -0.15) is 0 Å². The minimum absolute atomic E-state index is 0.0627. The average molecular weight is 443 g/mol. The quantitative estimate of drug-likeness (QED) is 0.251. The first kappa shape index (κ1) is 29.5. The molecule has 0 saturated carbocycles. The Balaban J connectivity index is 0.00000282. The van der Waals surface area contributed by atoms with E-state index >= 15 is 0 Å². The lowest BCUT2D eigenvalue weighted by molar-refractivity contribution is -0.170. The summed E-state index contributed by atoms with van der Waals surface area (Å²) in [7, 11) is 1.32. The zero-order chi connectivity index (χ0) is 23.8. The van der Waals surface area contributed by atoms with Crippen molar-refractivity contribution in [3.8, 4) is 0 Å². The molecule has 0 amide bonds. The fourth-order valence-corrected chi connectivity index (χ4v) is 3.03. The molecule has 1 saturated heterocycles. The van der Waals surface area contributed by atoms with Crippen LogP contribution in [0.2, 0.25) is 0 Å². The van der Waals surface area contributed by atoms with Gasteiger partial charge in [-0.1, -0.05) is 59.6 Å². The summed E-state index contributed by atoms with van der Waals surface area (Å²) in [6.45, 7) is 14.7. The lowest BCUT2D eigenvalue weighted by Crippen LogP contribution is -2.28. The molecule has 2 atom stereocenters. The Hall–Kier alpha value is -1.46. The normalized spacial score (nSPS) is 21.6. The van der Waals surface area contributed by atoms with E-state index in [-0.39, 0.29) is 12.0 Å². The number of hydrogen-bond acceptors (Lipinski definition) is 3. The zero-order valence-electron chi connectivity index (χ0n) is 20.9. The first-order valence-corrected chi connectivity index (χ1v) is 11.7. The summed E-state index contributed by atoms with van der Waals surface area (Å²) in [6, 6.07) is 0.